The minimum Gasteiger partial charge on any atom is -0.376 e. The molecule has 1 saturated heterocycles. The minimum atomic E-state index is -0.265. The third-order valence-corrected chi connectivity index (χ3v) is 6.48. The second-order valence-corrected chi connectivity index (χ2v) is 9.96. The van der Waals surface area contributed by atoms with Crippen LogP contribution in [0.5, 0.6) is 0 Å². The Balaban J connectivity index is 1.31. The first kappa shape index (κ1) is 20.6. The van der Waals surface area contributed by atoms with Gasteiger partial charge in [-0.05, 0) is 60.5 Å². The van der Waals surface area contributed by atoms with E-state index in [1.807, 2.05) is 5.06 Å². The van der Waals surface area contributed by atoms with Crippen LogP contribution in [0.3, 0.4) is 0 Å². The van der Waals surface area contributed by atoms with E-state index in [1.54, 1.807) is 0 Å². The molecule has 0 atom stereocenters. The first-order chi connectivity index (χ1) is 13.8. The van der Waals surface area contributed by atoms with Crippen LogP contribution in [-0.2, 0) is 15.1 Å². The zero-order chi connectivity index (χ0) is 20.5. The van der Waals surface area contributed by atoms with Crippen LogP contribution in [0.25, 0.3) is 5.70 Å². The maximum Gasteiger partial charge on any atom is 0.278 e. The van der Waals surface area contributed by atoms with Crippen molar-refractivity contribution < 1.29 is 9.68 Å². The van der Waals surface area contributed by atoms with Crippen LogP contribution in [-0.4, -0.2) is 35.0 Å². The molecule has 0 bridgehead atoms. The van der Waals surface area contributed by atoms with Gasteiger partial charge in [0.25, 0.3) is 5.17 Å². The molecule has 5 nitrogen and oxygen atoms in total. The summed E-state index contributed by atoms with van der Waals surface area (Å²) in [4.78, 5) is 11.9. The molecule has 29 heavy (non-hydrogen) atoms. The highest BCUT2D eigenvalue weighted by molar-refractivity contribution is 7.80. The molecule has 2 heterocycles. The number of hydrogen-bond donors (Lipinski definition) is 2. The van der Waals surface area contributed by atoms with Gasteiger partial charge in [0.15, 0.2) is 0 Å². The summed E-state index contributed by atoms with van der Waals surface area (Å²) in [5.74, 6) is 0. The third kappa shape index (κ3) is 4.93. The summed E-state index contributed by atoms with van der Waals surface area (Å²) in [5.41, 5.74) is 6.61. The number of hydroxylamine groups is 3. The lowest BCUT2D eigenvalue weighted by Gasteiger charge is -2.35. The largest absolute Gasteiger partial charge is 0.376 e. The van der Waals surface area contributed by atoms with Crippen LogP contribution < -0.4 is 10.8 Å². The first-order valence-electron chi connectivity index (χ1n) is 10.8. The van der Waals surface area contributed by atoms with Gasteiger partial charge in [-0.25, -0.2) is 0 Å². The Bertz CT molecular complexity index is 755. The minimum absolute atomic E-state index is 0.160. The summed E-state index contributed by atoms with van der Waals surface area (Å²) in [7, 11) is 0. The smallest absolute Gasteiger partial charge is 0.278 e. The average Bonchev–Trinajstić information content (AvgIpc) is 3.34. The second kappa shape index (κ2) is 8.25. The number of hydrogen-bond acceptors (Lipinski definition) is 5. The van der Waals surface area contributed by atoms with E-state index in [0.29, 0.717) is 11.2 Å². The SMILES string of the molecule is CC(C)(C)c1ccc(C2=CC3(CCN(OC(=S)NC4CCCC4)CC3)ON2)cc1. The molecule has 1 spiro atoms. The zero-order valence-electron chi connectivity index (χ0n) is 17.8. The standard InChI is InChI=1S/C23H33N3O2S/c1-22(2,3)18-10-8-17(9-11-18)20-16-23(28-25-20)12-14-26(15-13-23)27-21(29)24-19-6-4-5-7-19/h8-11,16,19,25H,4-7,12-15H2,1-3H3,(H,24,29). The van der Waals surface area contributed by atoms with Crippen molar-refractivity contribution in [2.45, 2.75) is 76.4 Å². The van der Waals surface area contributed by atoms with Crippen molar-refractivity contribution in [3.05, 3.63) is 41.5 Å². The lowest BCUT2D eigenvalue weighted by Crippen LogP contribution is -2.47. The molecule has 2 fully saturated rings. The summed E-state index contributed by atoms with van der Waals surface area (Å²) in [6.45, 7) is 8.29. The van der Waals surface area contributed by atoms with Crippen molar-refractivity contribution in [3.63, 3.8) is 0 Å². The Kier molecular flexibility index (Phi) is 5.87. The van der Waals surface area contributed by atoms with E-state index in [1.165, 1.54) is 31.2 Å². The average molecular weight is 416 g/mol. The van der Waals surface area contributed by atoms with E-state index in [2.05, 4.69) is 61.9 Å². The van der Waals surface area contributed by atoms with Crippen LogP contribution in [0.15, 0.2) is 30.3 Å². The van der Waals surface area contributed by atoms with Crippen molar-refractivity contribution in [3.8, 4) is 0 Å². The van der Waals surface area contributed by atoms with Crippen LogP contribution >= 0.6 is 12.2 Å². The van der Waals surface area contributed by atoms with Crippen LogP contribution in [0, 0.1) is 0 Å². The molecular formula is C23H33N3O2S. The van der Waals surface area contributed by atoms with Crippen LogP contribution in [0.2, 0.25) is 0 Å². The summed E-state index contributed by atoms with van der Waals surface area (Å²) >= 11 is 5.39. The van der Waals surface area contributed by atoms with E-state index in [0.717, 1.165) is 37.2 Å². The van der Waals surface area contributed by atoms with Gasteiger partial charge in [0.05, 0.1) is 5.70 Å². The predicted octanol–water partition coefficient (Wildman–Crippen LogP) is 4.44. The van der Waals surface area contributed by atoms with Crippen LogP contribution in [0.1, 0.15) is 70.4 Å². The van der Waals surface area contributed by atoms with Crippen molar-refractivity contribution in [2.24, 2.45) is 0 Å². The zero-order valence-corrected chi connectivity index (χ0v) is 18.6. The Morgan fingerprint density at radius 2 is 1.83 bits per heavy atom. The molecule has 3 aliphatic rings. The number of piperidine rings is 1. The van der Waals surface area contributed by atoms with Crippen molar-refractivity contribution >= 4 is 23.1 Å². The molecule has 1 aromatic carbocycles. The fourth-order valence-electron chi connectivity index (χ4n) is 4.35. The number of rotatable bonds is 3. The highest BCUT2D eigenvalue weighted by atomic mass is 32.1. The molecule has 2 N–H and O–H groups in total. The van der Waals surface area contributed by atoms with Gasteiger partial charge in [-0.3, -0.25) is 10.3 Å². The van der Waals surface area contributed by atoms with Gasteiger partial charge in [0.2, 0.25) is 0 Å². The van der Waals surface area contributed by atoms with Gasteiger partial charge in [-0.15, -0.1) is 5.06 Å². The Morgan fingerprint density at radius 1 is 1.17 bits per heavy atom. The summed E-state index contributed by atoms with van der Waals surface area (Å²) < 4.78 is 0. The third-order valence-electron chi connectivity index (χ3n) is 6.29. The molecule has 1 aliphatic carbocycles. The number of benzene rings is 1. The fourth-order valence-corrected chi connectivity index (χ4v) is 4.63. The maximum atomic E-state index is 6.03. The van der Waals surface area contributed by atoms with E-state index < -0.39 is 0 Å². The van der Waals surface area contributed by atoms with Crippen molar-refractivity contribution in [1.82, 2.24) is 15.9 Å². The normalized spacial score (nSPS) is 22.4. The molecule has 6 heteroatoms. The lowest BCUT2D eigenvalue weighted by atomic mass is 9.86. The molecule has 158 valence electrons. The van der Waals surface area contributed by atoms with E-state index >= 15 is 0 Å². The number of thiocarbonyl (C=S) groups is 1. The fraction of sp³-hybridized carbons (Fsp3) is 0.609. The second-order valence-electron chi connectivity index (χ2n) is 9.59. The van der Waals surface area contributed by atoms with Gasteiger partial charge in [-0.1, -0.05) is 57.9 Å². The lowest BCUT2D eigenvalue weighted by molar-refractivity contribution is -0.144. The van der Waals surface area contributed by atoms with Crippen molar-refractivity contribution in [1.29, 1.82) is 0 Å². The van der Waals surface area contributed by atoms with Gasteiger partial charge in [0, 0.05) is 19.1 Å². The summed E-state index contributed by atoms with van der Waals surface area (Å²) in [6, 6.07) is 9.24. The monoisotopic (exact) mass is 415 g/mol. The molecule has 2 aliphatic heterocycles. The maximum absolute atomic E-state index is 6.03. The number of nitrogens with zero attached hydrogens (tertiary/aromatic N) is 1. The van der Waals surface area contributed by atoms with E-state index in [-0.39, 0.29) is 11.0 Å². The molecule has 0 unspecified atom stereocenters. The Morgan fingerprint density at radius 3 is 2.45 bits per heavy atom. The van der Waals surface area contributed by atoms with Gasteiger partial charge < -0.3 is 10.2 Å². The molecule has 0 aromatic heterocycles. The molecule has 4 rings (SSSR count). The number of nitrogens with one attached hydrogen (secondary N) is 2. The van der Waals surface area contributed by atoms with Crippen LogP contribution in [0.4, 0.5) is 0 Å². The molecule has 1 saturated carbocycles. The quantitative estimate of drug-likeness (QED) is 0.712. The van der Waals surface area contributed by atoms with Gasteiger partial charge in [0.1, 0.15) is 5.60 Å². The molecule has 0 amide bonds. The predicted molar refractivity (Wildman–Crippen MR) is 120 cm³/mol. The van der Waals surface area contributed by atoms with E-state index in [4.69, 9.17) is 21.9 Å². The molecule has 1 aromatic rings. The summed E-state index contributed by atoms with van der Waals surface area (Å²) in [6.07, 6.45) is 8.93. The highest BCUT2D eigenvalue weighted by Gasteiger charge is 2.39. The van der Waals surface area contributed by atoms with Gasteiger partial charge in [-0.2, -0.15) is 0 Å². The molecular weight excluding hydrogens is 382 g/mol. The first-order valence-corrected chi connectivity index (χ1v) is 11.3. The van der Waals surface area contributed by atoms with Crippen molar-refractivity contribution in [2.75, 3.05) is 13.1 Å². The highest BCUT2D eigenvalue weighted by Crippen LogP contribution is 2.35. The Hall–Kier alpha value is -1.63. The van der Waals surface area contributed by atoms with E-state index in [9.17, 15) is 0 Å². The topological polar surface area (TPSA) is 45.8 Å². The summed E-state index contributed by atoms with van der Waals surface area (Å²) in [5, 5.41) is 5.81. The Labute approximate surface area is 179 Å². The molecule has 0 radical (unpaired) electrons. The van der Waals surface area contributed by atoms with Gasteiger partial charge >= 0.3 is 0 Å².